The molecule has 7 nitrogen and oxygen atoms in total. The molecule has 0 unspecified atom stereocenters. The Kier molecular flexibility index (Phi) is 5.94. The number of benzene rings is 1. The minimum Gasteiger partial charge on any atom is -0.394 e. The number of rotatable bonds is 6. The van der Waals surface area contributed by atoms with Gasteiger partial charge in [0, 0.05) is 17.6 Å². The molecule has 0 saturated carbocycles. The molecule has 1 aliphatic rings. The highest BCUT2D eigenvalue weighted by Gasteiger charge is 2.40. The van der Waals surface area contributed by atoms with Crippen LogP contribution in [0.3, 0.4) is 0 Å². The third kappa shape index (κ3) is 4.27. The van der Waals surface area contributed by atoms with E-state index in [9.17, 15) is 21.9 Å². The van der Waals surface area contributed by atoms with Gasteiger partial charge in [0.1, 0.15) is 0 Å². The summed E-state index contributed by atoms with van der Waals surface area (Å²) in [6.07, 6.45) is -1.15. The maximum Gasteiger partial charge on any atom is 0.243 e. The van der Waals surface area contributed by atoms with Gasteiger partial charge in [0.05, 0.1) is 29.1 Å². The minimum atomic E-state index is -4.08. The number of halogens is 1. The minimum absolute atomic E-state index is 0.0376. The highest BCUT2D eigenvalue weighted by Crippen LogP contribution is 2.28. The zero-order valence-corrected chi connectivity index (χ0v) is 15.5. The molecule has 0 aliphatic carbocycles. The van der Waals surface area contributed by atoms with Crippen LogP contribution in [0.1, 0.15) is 12.0 Å². The van der Waals surface area contributed by atoms with Gasteiger partial charge in [-0.1, -0.05) is 17.7 Å². The maximum atomic E-state index is 13.0. The molecule has 1 aromatic rings. The van der Waals surface area contributed by atoms with Crippen molar-refractivity contribution in [2.75, 3.05) is 24.7 Å². The van der Waals surface area contributed by atoms with Gasteiger partial charge >= 0.3 is 0 Å². The van der Waals surface area contributed by atoms with Crippen molar-refractivity contribution >= 4 is 31.5 Å². The van der Waals surface area contributed by atoms with Gasteiger partial charge in [-0.05, 0) is 31.0 Å². The standard InChI is InChI=1S/C14H20ClNO6S2/c1-10-2-3-11(15)6-14(10)24(21,22)16(7-13(18)8-17)12-4-5-23(19,20)9-12/h2-3,6,12-13,17-18H,4-5,7-9H2,1H3/t12-,13-/m0/s1. The second-order valence-electron chi connectivity index (χ2n) is 5.88. The SMILES string of the molecule is Cc1ccc(Cl)cc1S(=O)(=O)N(C[C@H](O)CO)[C@H]1CCS(=O)(=O)C1. The summed E-state index contributed by atoms with van der Waals surface area (Å²) in [6.45, 7) is 0.597. The lowest BCUT2D eigenvalue weighted by atomic mass is 10.2. The third-order valence-corrected chi connectivity index (χ3v) is 8.00. The second-order valence-corrected chi connectivity index (χ2v) is 10.4. The monoisotopic (exact) mass is 397 g/mol. The molecule has 10 heteroatoms. The van der Waals surface area contributed by atoms with Gasteiger partial charge in [-0.3, -0.25) is 0 Å². The van der Waals surface area contributed by atoms with E-state index in [-0.39, 0.29) is 34.4 Å². The molecule has 0 spiro atoms. The Balaban J connectivity index is 2.47. The fourth-order valence-corrected chi connectivity index (χ4v) is 6.70. The number of aliphatic hydroxyl groups is 2. The lowest BCUT2D eigenvalue weighted by molar-refractivity contribution is 0.0730. The molecule has 2 atom stereocenters. The lowest BCUT2D eigenvalue weighted by Crippen LogP contribution is -2.46. The fraction of sp³-hybridized carbons (Fsp3) is 0.571. The van der Waals surface area contributed by atoms with Crippen molar-refractivity contribution in [2.24, 2.45) is 0 Å². The van der Waals surface area contributed by atoms with Crippen molar-refractivity contribution in [2.45, 2.75) is 30.4 Å². The van der Waals surface area contributed by atoms with E-state index in [2.05, 4.69) is 0 Å². The lowest BCUT2D eigenvalue weighted by Gasteiger charge is -2.29. The number of nitrogens with zero attached hydrogens (tertiary/aromatic N) is 1. The number of aryl methyl sites for hydroxylation is 1. The zero-order chi connectivity index (χ0) is 18.1. The number of aliphatic hydroxyl groups excluding tert-OH is 2. The highest BCUT2D eigenvalue weighted by molar-refractivity contribution is 7.92. The molecule has 0 aromatic heterocycles. The molecule has 24 heavy (non-hydrogen) atoms. The first-order chi connectivity index (χ1) is 11.1. The van der Waals surface area contributed by atoms with Crippen LogP contribution in [0.5, 0.6) is 0 Å². The van der Waals surface area contributed by atoms with Crippen LogP contribution in [-0.4, -0.2) is 68.2 Å². The van der Waals surface area contributed by atoms with E-state index in [0.717, 1.165) is 4.31 Å². The normalized spacial score (nSPS) is 22.0. The van der Waals surface area contributed by atoms with Crippen molar-refractivity contribution in [1.82, 2.24) is 4.31 Å². The molecule has 1 aliphatic heterocycles. The van der Waals surface area contributed by atoms with Crippen molar-refractivity contribution in [3.05, 3.63) is 28.8 Å². The Hall–Kier alpha value is -0.710. The van der Waals surface area contributed by atoms with E-state index in [1.54, 1.807) is 19.1 Å². The molecule has 2 rings (SSSR count). The molecule has 1 saturated heterocycles. The van der Waals surface area contributed by atoms with Crippen LogP contribution in [0.15, 0.2) is 23.1 Å². The maximum absolute atomic E-state index is 13.0. The Bertz CT molecular complexity index is 809. The third-order valence-electron chi connectivity index (χ3n) is 3.95. The van der Waals surface area contributed by atoms with Crippen LogP contribution in [0.4, 0.5) is 0 Å². The Morgan fingerprint density at radius 2 is 2.08 bits per heavy atom. The van der Waals surface area contributed by atoms with E-state index < -0.39 is 38.6 Å². The summed E-state index contributed by atoms with van der Waals surface area (Å²) >= 11 is 5.90. The van der Waals surface area contributed by atoms with E-state index in [4.69, 9.17) is 16.7 Å². The summed E-state index contributed by atoms with van der Waals surface area (Å²) in [6, 6.07) is 3.64. The predicted octanol–water partition coefficient (Wildman–Crippen LogP) is 0.179. The summed E-state index contributed by atoms with van der Waals surface area (Å²) in [7, 11) is -7.40. The van der Waals surface area contributed by atoms with Crippen molar-refractivity contribution in [3.63, 3.8) is 0 Å². The van der Waals surface area contributed by atoms with Crippen LogP contribution in [0, 0.1) is 6.92 Å². The van der Waals surface area contributed by atoms with Crippen molar-refractivity contribution in [3.8, 4) is 0 Å². The quantitative estimate of drug-likeness (QED) is 0.708. The Morgan fingerprint density at radius 3 is 2.62 bits per heavy atom. The first-order valence-electron chi connectivity index (χ1n) is 7.34. The van der Waals surface area contributed by atoms with Gasteiger partial charge in [-0.25, -0.2) is 16.8 Å². The summed E-state index contributed by atoms with van der Waals surface area (Å²) in [4.78, 5) is -0.0376. The van der Waals surface area contributed by atoms with E-state index in [0.29, 0.717) is 5.56 Å². The molecule has 1 aromatic carbocycles. The Morgan fingerprint density at radius 1 is 1.42 bits per heavy atom. The number of sulfonamides is 1. The van der Waals surface area contributed by atoms with Gasteiger partial charge in [-0.2, -0.15) is 4.31 Å². The summed E-state index contributed by atoms with van der Waals surface area (Å²) in [5, 5.41) is 19.0. The average Bonchev–Trinajstić information content (AvgIpc) is 2.86. The van der Waals surface area contributed by atoms with E-state index in [1.165, 1.54) is 6.07 Å². The van der Waals surface area contributed by atoms with Crippen molar-refractivity contribution < 1.29 is 27.0 Å². The summed E-state index contributed by atoms with van der Waals surface area (Å²) in [5.41, 5.74) is 0.462. The zero-order valence-electron chi connectivity index (χ0n) is 13.1. The average molecular weight is 398 g/mol. The highest BCUT2D eigenvalue weighted by atomic mass is 35.5. The molecule has 1 heterocycles. The molecular formula is C14H20ClNO6S2. The van der Waals surface area contributed by atoms with Gasteiger partial charge in [0.25, 0.3) is 0 Å². The summed E-state index contributed by atoms with van der Waals surface area (Å²) in [5.74, 6) is -0.405. The number of sulfone groups is 1. The summed E-state index contributed by atoms with van der Waals surface area (Å²) < 4.78 is 50.5. The molecule has 1 fully saturated rings. The Labute approximate surface area is 146 Å². The molecule has 2 N–H and O–H groups in total. The number of hydrogen-bond donors (Lipinski definition) is 2. The van der Waals surface area contributed by atoms with Crippen LogP contribution in [0.25, 0.3) is 0 Å². The smallest absolute Gasteiger partial charge is 0.243 e. The van der Waals surface area contributed by atoms with Crippen LogP contribution in [-0.2, 0) is 19.9 Å². The molecule has 0 radical (unpaired) electrons. The van der Waals surface area contributed by atoms with Gasteiger partial charge in [0.15, 0.2) is 9.84 Å². The van der Waals surface area contributed by atoms with Crippen LogP contribution >= 0.6 is 11.6 Å². The van der Waals surface area contributed by atoms with E-state index in [1.807, 2.05) is 0 Å². The molecule has 0 amide bonds. The second kappa shape index (κ2) is 7.27. The molecule has 136 valence electrons. The largest absolute Gasteiger partial charge is 0.394 e. The topological polar surface area (TPSA) is 112 Å². The van der Waals surface area contributed by atoms with E-state index >= 15 is 0 Å². The first-order valence-corrected chi connectivity index (χ1v) is 11.0. The van der Waals surface area contributed by atoms with Gasteiger partial charge in [0.2, 0.25) is 10.0 Å². The molecule has 0 bridgehead atoms. The van der Waals surface area contributed by atoms with Gasteiger partial charge in [-0.15, -0.1) is 0 Å². The van der Waals surface area contributed by atoms with Crippen molar-refractivity contribution in [1.29, 1.82) is 0 Å². The first kappa shape index (κ1) is 19.6. The predicted molar refractivity (Wildman–Crippen MR) is 90.2 cm³/mol. The van der Waals surface area contributed by atoms with Crippen LogP contribution < -0.4 is 0 Å². The van der Waals surface area contributed by atoms with Gasteiger partial charge < -0.3 is 10.2 Å². The number of hydrogen-bond acceptors (Lipinski definition) is 6. The fourth-order valence-electron chi connectivity index (χ4n) is 2.69. The van der Waals surface area contributed by atoms with Crippen LogP contribution in [0.2, 0.25) is 5.02 Å². The molecular weight excluding hydrogens is 378 g/mol.